The lowest BCUT2D eigenvalue weighted by Gasteiger charge is -2.24. The van der Waals surface area contributed by atoms with Gasteiger partial charge in [0, 0.05) is 23.3 Å². The lowest BCUT2D eigenvalue weighted by atomic mass is 10.2. The summed E-state index contributed by atoms with van der Waals surface area (Å²) in [6.45, 7) is 3.38. The van der Waals surface area contributed by atoms with Crippen molar-refractivity contribution in [3.63, 3.8) is 0 Å². The monoisotopic (exact) mass is 454 g/mol. The number of halogens is 1. The largest absolute Gasteiger partial charge is 0.331 e. The summed E-state index contributed by atoms with van der Waals surface area (Å²) < 4.78 is 3.13. The standard InChI is InChI=1S/C23H27BrN4O/c1-2-3-15-27(23(29)18-11-6-7-12-19(18)24)16-21-26-20-13-8-14-25-22(20)28(21)17-9-4-5-10-17/h6-8,11-14,17H,2-5,9-10,15-16H2,1H3. The molecule has 0 atom stereocenters. The maximum atomic E-state index is 13.4. The molecule has 1 fully saturated rings. The van der Waals surface area contributed by atoms with E-state index >= 15 is 0 Å². The van der Waals surface area contributed by atoms with Gasteiger partial charge in [-0.25, -0.2) is 9.97 Å². The molecule has 29 heavy (non-hydrogen) atoms. The van der Waals surface area contributed by atoms with E-state index in [0.717, 1.165) is 53.7 Å². The molecule has 2 heterocycles. The Bertz CT molecular complexity index is 993. The Labute approximate surface area is 180 Å². The van der Waals surface area contributed by atoms with E-state index in [9.17, 15) is 4.79 Å². The second kappa shape index (κ2) is 9.08. The van der Waals surface area contributed by atoms with Crippen LogP contribution in [0.4, 0.5) is 0 Å². The van der Waals surface area contributed by atoms with Gasteiger partial charge in [0.15, 0.2) is 5.65 Å². The van der Waals surface area contributed by atoms with Crippen molar-refractivity contribution in [2.75, 3.05) is 6.54 Å². The molecule has 1 aliphatic carbocycles. The molecule has 1 aliphatic rings. The van der Waals surface area contributed by atoms with Gasteiger partial charge in [0.1, 0.15) is 11.3 Å². The SMILES string of the molecule is CCCCN(Cc1nc2cccnc2n1C1CCCC1)C(=O)c1ccccc1Br. The zero-order chi connectivity index (χ0) is 20.2. The molecule has 0 bridgehead atoms. The molecule has 1 aromatic carbocycles. The van der Waals surface area contributed by atoms with E-state index in [1.807, 2.05) is 47.5 Å². The summed E-state index contributed by atoms with van der Waals surface area (Å²) >= 11 is 3.54. The van der Waals surface area contributed by atoms with Gasteiger partial charge < -0.3 is 9.47 Å². The number of imidazole rings is 1. The van der Waals surface area contributed by atoms with Crippen molar-refractivity contribution in [2.45, 2.75) is 58.0 Å². The number of fused-ring (bicyclic) bond motifs is 1. The number of pyridine rings is 1. The van der Waals surface area contributed by atoms with Gasteiger partial charge >= 0.3 is 0 Å². The third kappa shape index (κ3) is 4.22. The van der Waals surface area contributed by atoms with Crippen molar-refractivity contribution >= 4 is 33.0 Å². The molecule has 6 heteroatoms. The van der Waals surface area contributed by atoms with Gasteiger partial charge in [0.05, 0.1) is 12.1 Å². The van der Waals surface area contributed by atoms with Gasteiger partial charge in [-0.15, -0.1) is 0 Å². The molecule has 0 spiro atoms. The summed E-state index contributed by atoms with van der Waals surface area (Å²) in [7, 11) is 0. The molecule has 2 aromatic heterocycles. The third-order valence-electron chi connectivity index (χ3n) is 5.72. The van der Waals surface area contributed by atoms with Crippen LogP contribution in [0.2, 0.25) is 0 Å². The normalized spacial score (nSPS) is 14.6. The van der Waals surface area contributed by atoms with Gasteiger partial charge in [-0.2, -0.15) is 0 Å². The van der Waals surface area contributed by atoms with Crippen LogP contribution in [0.15, 0.2) is 47.1 Å². The van der Waals surface area contributed by atoms with Crippen molar-refractivity contribution in [1.82, 2.24) is 19.4 Å². The summed E-state index contributed by atoms with van der Waals surface area (Å²) in [6, 6.07) is 12.0. The Kier molecular flexibility index (Phi) is 6.28. The number of benzene rings is 1. The molecule has 1 amide bonds. The van der Waals surface area contributed by atoms with Gasteiger partial charge in [0.25, 0.3) is 5.91 Å². The summed E-state index contributed by atoms with van der Waals surface area (Å²) in [6.07, 6.45) is 8.64. The summed E-state index contributed by atoms with van der Waals surface area (Å²) in [4.78, 5) is 24.8. The average molecular weight is 455 g/mol. The predicted molar refractivity (Wildman–Crippen MR) is 119 cm³/mol. The molecular weight excluding hydrogens is 428 g/mol. The first-order valence-corrected chi connectivity index (χ1v) is 11.3. The van der Waals surface area contributed by atoms with Crippen molar-refractivity contribution < 1.29 is 4.79 Å². The summed E-state index contributed by atoms with van der Waals surface area (Å²) in [5.74, 6) is 0.992. The number of hydrogen-bond donors (Lipinski definition) is 0. The van der Waals surface area contributed by atoms with Crippen LogP contribution in [-0.4, -0.2) is 31.9 Å². The van der Waals surface area contributed by atoms with Crippen LogP contribution in [0.5, 0.6) is 0 Å². The fraction of sp³-hybridized carbons (Fsp3) is 0.435. The topological polar surface area (TPSA) is 51.0 Å². The molecule has 1 saturated carbocycles. The Morgan fingerprint density at radius 1 is 1.21 bits per heavy atom. The lowest BCUT2D eigenvalue weighted by Crippen LogP contribution is -2.33. The smallest absolute Gasteiger partial charge is 0.255 e. The average Bonchev–Trinajstić information content (AvgIpc) is 3.38. The number of rotatable bonds is 7. The highest BCUT2D eigenvalue weighted by Gasteiger charge is 2.26. The van der Waals surface area contributed by atoms with Crippen molar-refractivity contribution in [1.29, 1.82) is 0 Å². The van der Waals surface area contributed by atoms with Gasteiger partial charge in [0.2, 0.25) is 0 Å². The van der Waals surface area contributed by atoms with Crippen LogP contribution in [0.1, 0.15) is 67.7 Å². The Morgan fingerprint density at radius 2 is 2.00 bits per heavy atom. The molecule has 0 N–H and O–H groups in total. The zero-order valence-electron chi connectivity index (χ0n) is 16.9. The van der Waals surface area contributed by atoms with Crippen LogP contribution in [-0.2, 0) is 6.54 Å². The molecule has 3 aromatic rings. The zero-order valence-corrected chi connectivity index (χ0v) is 18.4. The molecular formula is C23H27BrN4O. The minimum atomic E-state index is 0.0453. The summed E-state index contributed by atoms with van der Waals surface area (Å²) in [5.41, 5.74) is 2.56. The quantitative estimate of drug-likeness (QED) is 0.456. The number of unbranched alkanes of at least 4 members (excludes halogenated alkanes) is 1. The Morgan fingerprint density at radius 3 is 2.76 bits per heavy atom. The van der Waals surface area contributed by atoms with E-state index in [4.69, 9.17) is 4.98 Å². The minimum Gasteiger partial charge on any atom is -0.331 e. The molecule has 0 saturated heterocycles. The van der Waals surface area contributed by atoms with E-state index in [1.165, 1.54) is 12.8 Å². The number of carbonyl (C=O) groups is 1. The van der Waals surface area contributed by atoms with Crippen molar-refractivity contribution in [2.24, 2.45) is 0 Å². The highest BCUT2D eigenvalue weighted by molar-refractivity contribution is 9.10. The fourth-order valence-electron chi connectivity index (χ4n) is 4.21. The van der Waals surface area contributed by atoms with Crippen LogP contribution < -0.4 is 0 Å². The van der Waals surface area contributed by atoms with Crippen LogP contribution in [0.3, 0.4) is 0 Å². The van der Waals surface area contributed by atoms with E-state index in [-0.39, 0.29) is 5.91 Å². The van der Waals surface area contributed by atoms with E-state index in [1.54, 1.807) is 0 Å². The first-order valence-electron chi connectivity index (χ1n) is 10.5. The number of nitrogens with zero attached hydrogens (tertiary/aromatic N) is 4. The predicted octanol–water partition coefficient (Wildman–Crippen LogP) is 5.75. The molecule has 5 nitrogen and oxygen atoms in total. The van der Waals surface area contributed by atoms with Crippen LogP contribution in [0, 0.1) is 0 Å². The Hall–Kier alpha value is -2.21. The van der Waals surface area contributed by atoms with Crippen molar-refractivity contribution in [3.8, 4) is 0 Å². The first kappa shape index (κ1) is 20.1. The van der Waals surface area contributed by atoms with E-state index in [0.29, 0.717) is 18.2 Å². The summed E-state index contributed by atoms with van der Waals surface area (Å²) in [5, 5.41) is 0. The fourth-order valence-corrected chi connectivity index (χ4v) is 4.67. The maximum Gasteiger partial charge on any atom is 0.255 e. The highest BCUT2D eigenvalue weighted by Crippen LogP contribution is 2.33. The molecule has 4 rings (SSSR count). The molecule has 152 valence electrons. The second-order valence-corrected chi connectivity index (χ2v) is 8.60. The second-order valence-electron chi connectivity index (χ2n) is 7.74. The van der Waals surface area contributed by atoms with Crippen LogP contribution >= 0.6 is 15.9 Å². The number of aromatic nitrogens is 3. The Balaban J connectivity index is 1.70. The van der Waals surface area contributed by atoms with Gasteiger partial charge in [-0.05, 0) is 59.5 Å². The third-order valence-corrected chi connectivity index (χ3v) is 6.41. The molecule has 0 radical (unpaired) electrons. The highest BCUT2D eigenvalue weighted by atomic mass is 79.9. The lowest BCUT2D eigenvalue weighted by molar-refractivity contribution is 0.0733. The van der Waals surface area contributed by atoms with Crippen molar-refractivity contribution in [3.05, 3.63) is 58.5 Å². The van der Waals surface area contributed by atoms with E-state index in [2.05, 4.69) is 32.4 Å². The number of hydrogen-bond acceptors (Lipinski definition) is 3. The minimum absolute atomic E-state index is 0.0453. The van der Waals surface area contributed by atoms with Crippen LogP contribution in [0.25, 0.3) is 11.2 Å². The van der Waals surface area contributed by atoms with Gasteiger partial charge in [-0.3, -0.25) is 4.79 Å². The molecule has 0 aliphatic heterocycles. The molecule has 0 unspecified atom stereocenters. The van der Waals surface area contributed by atoms with E-state index < -0.39 is 0 Å². The first-order chi connectivity index (χ1) is 14.2. The maximum absolute atomic E-state index is 13.4. The number of amides is 1. The van der Waals surface area contributed by atoms with Gasteiger partial charge in [-0.1, -0.05) is 38.3 Å². The number of carbonyl (C=O) groups excluding carboxylic acids is 1.